The molecule has 0 bridgehead atoms. The van der Waals surface area contributed by atoms with Crippen LogP contribution in [0.2, 0.25) is 0 Å². The van der Waals surface area contributed by atoms with E-state index in [-0.39, 0.29) is 5.91 Å². The van der Waals surface area contributed by atoms with Crippen LogP contribution < -0.4 is 11.1 Å². The average Bonchev–Trinajstić information content (AvgIpc) is 2.09. The van der Waals surface area contributed by atoms with Gasteiger partial charge in [0.25, 0.3) is 0 Å². The highest BCUT2D eigenvalue weighted by molar-refractivity contribution is 5.73. The summed E-state index contributed by atoms with van der Waals surface area (Å²) >= 11 is 0. The fraction of sp³-hybridized carbons (Fsp3) is 0.778. The number of amides is 1. The first kappa shape index (κ1) is 11.9. The second-order valence-electron chi connectivity index (χ2n) is 2.94. The highest BCUT2D eigenvalue weighted by Crippen LogP contribution is 1.91. The van der Waals surface area contributed by atoms with Gasteiger partial charge >= 0.3 is 0 Å². The number of unbranched alkanes of at least 4 members (excludes halogenated alkanes) is 2. The number of nitrogens with two attached hydrogens (primary N) is 1. The smallest absolute Gasteiger partial charge is 0.217 e. The van der Waals surface area contributed by atoms with Gasteiger partial charge in [0.05, 0.1) is 6.07 Å². The largest absolute Gasteiger partial charge is 0.370 e. The molecular formula is C9H17N3O. The van der Waals surface area contributed by atoms with E-state index in [2.05, 4.69) is 11.4 Å². The number of nitrogens with one attached hydrogen (secondary N) is 1. The summed E-state index contributed by atoms with van der Waals surface area (Å²) < 4.78 is 0. The molecule has 13 heavy (non-hydrogen) atoms. The number of nitriles is 1. The quantitative estimate of drug-likeness (QED) is 0.539. The molecule has 4 nitrogen and oxygen atoms in total. The van der Waals surface area contributed by atoms with Gasteiger partial charge in [-0.25, -0.2) is 0 Å². The van der Waals surface area contributed by atoms with Gasteiger partial charge in [-0.15, -0.1) is 0 Å². The van der Waals surface area contributed by atoms with Crippen LogP contribution in [0.3, 0.4) is 0 Å². The van der Waals surface area contributed by atoms with Gasteiger partial charge in [0, 0.05) is 12.8 Å². The van der Waals surface area contributed by atoms with Gasteiger partial charge in [0.1, 0.15) is 0 Å². The van der Waals surface area contributed by atoms with Crippen molar-refractivity contribution in [3.63, 3.8) is 0 Å². The zero-order valence-corrected chi connectivity index (χ0v) is 7.88. The van der Waals surface area contributed by atoms with E-state index in [0.29, 0.717) is 12.8 Å². The SMILES string of the molecule is N#CCCCCNCCCC(N)=O. The van der Waals surface area contributed by atoms with Crippen molar-refractivity contribution in [2.24, 2.45) is 5.73 Å². The van der Waals surface area contributed by atoms with Crippen LogP contribution in [0.25, 0.3) is 0 Å². The molecule has 4 heteroatoms. The van der Waals surface area contributed by atoms with Crippen LogP contribution in [-0.2, 0) is 4.79 Å². The summed E-state index contributed by atoms with van der Waals surface area (Å²) in [7, 11) is 0. The van der Waals surface area contributed by atoms with Crippen molar-refractivity contribution in [1.82, 2.24) is 5.32 Å². The fourth-order valence-electron chi connectivity index (χ4n) is 0.967. The maximum absolute atomic E-state index is 10.3. The molecule has 1 amide bonds. The van der Waals surface area contributed by atoms with Crippen LogP contribution in [0.5, 0.6) is 0 Å². The third kappa shape index (κ3) is 10.9. The average molecular weight is 183 g/mol. The number of primary amides is 1. The molecule has 0 heterocycles. The van der Waals surface area contributed by atoms with Crippen molar-refractivity contribution in [1.29, 1.82) is 5.26 Å². The van der Waals surface area contributed by atoms with E-state index in [1.165, 1.54) is 0 Å². The lowest BCUT2D eigenvalue weighted by Crippen LogP contribution is -2.19. The number of hydrogen-bond donors (Lipinski definition) is 2. The number of nitrogens with zero attached hydrogens (tertiary/aromatic N) is 1. The maximum Gasteiger partial charge on any atom is 0.217 e. The van der Waals surface area contributed by atoms with E-state index in [1.54, 1.807) is 0 Å². The summed E-state index contributed by atoms with van der Waals surface area (Å²) in [4.78, 5) is 10.3. The van der Waals surface area contributed by atoms with Gasteiger partial charge in [-0.3, -0.25) is 4.79 Å². The summed E-state index contributed by atoms with van der Waals surface area (Å²) in [6.07, 6.45) is 3.84. The van der Waals surface area contributed by atoms with E-state index >= 15 is 0 Å². The van der Waals surface area contributed by atoms with Crippen LogP contribution in [-0.4, -0.2) is 19.0 Å². The molecule has 0 aliphatic heterocycles. The molecule has 0 saturated heterocycles. The first-order valence-corrected chi connectivity index (χ1v) is 4.63. The normalized spacial score (nSPS) is 9.46. The molecule has 0 saturated carbocycles. The second kappa shape index (κ2) is 9.01. The third-order valence-electron chi connectivity index (χ3n) is 1.67. The molecule has 0 radical (unpaired) electrons. The summed E-state index contributed by atoms with van der Waals surface area (Å²) in [6.45, 7) is 1.75. The lowest BCUT2D eigenvalue weighted by molar-refractivity contribution is -0.118. The Bertz CT molecular complexity index is 174. The summed E-state index contributed by atoms with van der Waals surface area (Å²) in [5, 5.41) is 11.4. The highest BCUT2D eigenvalue weighted by Gasteiger charge is 1.93. The Kier molecular flexibility index (Phi) is 8.26. The summed E-state index contributed by atoms with van der Waals surface area (Å²) in [6, 6.07) is 2.10. The molecule has 0 atom stereocenters. The van der Waals surface area contributed by atoms with Crippen molar-refractivity contribution < 1.29 is 4.79 Å². The van der Waals surface area contributed by atoms with Crippen LogP contribution in [0.1, 0.15) is 32.1 Å². The molecular weight excluding hydrogens is 166 g/mol. The van der Waals surface area contributed by atoms with Crippen LogP contribution >= 0.6 is 0 Å². The second-order valence-corrected chi connectivity index (χ2v) is 2.94. The van der Waals surface area contributed by atoms with E-state index in [0.717, 1.165) is 32.4 Å². The fourth-order valence-corrected chi connectivity index (χ4v) is 0.967. The van der Waals surface area contributed by atoms with Gasteiger partial charge in [0.2, 0.25) is 5.91 Å². The Balaban J connectivity index is 2.92. The van der Waals surface area contributed by atoms with Gasteiger partial charge in [-0.05, 0) is 32.4 Å². The van der Waals surface area contributed by atoms with Crippen LogP contribution in [0.15, 0.2) is 0 Å². The Morgan fingerprint density at radius 2 is 2.00 bits per heavy atom. The van der Waals surface area contributed by atoms with Crippen molar-refractivity contribution in [2.45, 2.75) is 32.1 Å². The van der Waals surface area contributed by atoms with Crippen molar-refractivity contribution in [3.05, 3.63) is 0 Å². The predicted molar refractivity (Wildman–Crippen MR) is 50.8 cm³/mol. The summed E-state index contributed by atoms with van der Waals surface area (Å²) in [5.41, 5.74) is 4.97. The molecule has 0 rings (SSSR count). The van der Waals surface area contributed by atoms with Gasteiger partial charge in [-0.2, -0.15) is 5.26 Å². The Hall–Kier alpha value is -1.08. The van der Waals surface area contributed by atoms with Crippen molar-refractivity contribution >= 4 is 5.91 Å². The van der Waals surface area contributed by atoms with Gasteiger partial charge in [-0.1, -0.05) is 0 Å². The lowest BCUT2D eigenvalue weighted by Gasteiger charge is -2.01. The van der Waals surface area contributed by atoms with Crippen LogP contribution in [0.4, 0.5) is 0 Å². The first-order chi connectivity index (χ1) is 6.27. The highest BCUT2D eigenvalue weighted by atomic mass is 16.1. The molecule has 3 N–H and O–H groups in total. The standard InChI is InChI=1S/C9H17N3O/c10-6-2-1-3-7-12-8-4-5-9(11)13/h12H,1-5,7-8H2,(H2,11,13). The minimum Gasteiger partial charge on any atom is -0.370 e. The Labute approximate surface area is 79.1 Å². The molecule has 0 aromatic carbocycles. The van der Waals surface area contributed by atoms with Crippen LogP contribution in [0, 0.1) is 11.3 Å². The molecule has 0 fully saturated rings. The zero-order valence-electron chi connectivity index (χ0n) is 7.88. The Morgan fingerprint density at radius 3 is 2.62 bits per heavy atom. The van der Waals surface area contributed by atoms with Crippen molar-refractivity contribution in [3.8, 4) is 6.07 Å². The molecule has 0 aromatic heterocycles. The van der Waals surface area contributed by atoms with E-state index in [9.17, 15) is 4.79 Å². The maximum atomic E-state index is 10.3. The molecule has 0 aliphatic rings. The zero-order chi connectivity index (χ0) is 9.94. The predicted octanol–water partition coefficient (Wildman–Crippen LogP) is 0.535. The van der Waals surface area contributed by atoms with Gasteiger partial charge < -0.3 is 11.1 Å². The number of hydrogen-bond acceptors (Lipinski definition) is 3. The molecule has 0 unspecified atom stereocenters. The van der Waals surface area contributed by atoms with E-state index in [4.69, 9.17) is 11.0 Å². The van der Waals surface area contributed by atoms with E-state index in [1.807, 2.05) is 0 Å². The molecule has 74 valence electrons. The Morgan fingerprint density at radius 1 is 1.31 bits per heavy atom. The topological polar surface area (TPSA) is 78.9 Å². The lowest BCUT2D eigenvalue weighted by atomic mass is 10.2. The number of carbonyl (C=O) groups is 1. The number of rotatable bonds is 8. The number of carbonyl (C=O) groups excluding carboxylic acids is 1. The first-order valence-electron chi connectivity index (χ1n) is 4.63. The van der Waals surface area contributed by atoms with Gasteiger partial charge in [0.15, 0.2) is 0 Å². The molecule has 0 aromatic rings. The third-order valence-corrected chi connectivity index (χ3v) is 1.67. The minimum absolute atomic E-state index is 0.244. The monoisotopic (exact) mass is 183 g/mol. The van der Waals surface area contributed by atoms with E-state index < -0.39 is 0 Å². The molecule has 0 spiro atoms. The van der Waals surface area contributed by atoms with Crippen molar-refractivity contribution in [2.75, 3.05) is 13.1 Å². The summed E-state index contributed by atoms with van der Waals surface area (Å²) in [5.74, 6) is -0.244. The molecule has 0 aliphatic carbocycles. The minimum atomic E-state index is -0.244.